The number of amides is 3. The standard InChI is InChI=1S/C19H15BrClN3O4/c1-27-16-8-12(6-13(9-22)18(25)24-19(23)26)7-15(20)17(16)28-10-11-2-4-14(21)5-3-11/h2-8H,10H2,1H3,(H3,23,24,25,26)/b13-6-. The molecule has 9 heteroatoms. The molecule has 144 valence electrons. The van der Waals surface area contributed by atoms with Crippen LogP contribution in [0.3, 0.4) is 0 Å². The van der Waals surface area contributed by atoms with Gasteiger partial charge in [-0.2, -0.15) is 5.26 Å². The molecular weight excluding hydrogens is 450 g/mol. The SMILES string of the molecule is COc1cc(/C=C(/C#N)C(=O)NC(N)=O)cc(Br)c1OCc1ccc(Cl)cc1. The highest BCUT2D eigenvalue weighted by Crippen LogP contribution is 2.37. The molecule has 0 saturated heterocycles. The molecule has 7 nitrogen and oxygen atoms in total. The lowest BCUT2D eigenvalue weighted by Crippen LogP contribution is -2.35. The van der Waals surface area contributed by atoms with E-state index in [0.29, 0.717) is 26.6 Å². The van der Waals surface area contributed by atoms with Crippen LogP contribution >= 0.6 is 27.5 Å². The molecule has 28 heavy (non-hydrogen) atoms. The van der Waals surface area contributed by atoms with Gasteiger partial charge in [0.05, 0.1) is 11.6 Å². The maximum Gasteiger partial charge on any atom is 0.319 e. The van der Waals surface area contributed by atoms with Crippen LogP contribution < -0.4 is 20.5 Å². The summed E-state index contributed by atoms with van der Waals surface area (Å²) in [7, 11) is 1.47. The topological polar surface area (TPSA) is 114 Å². The van der Waals surface area contributed by atoms with Crippen molar-refractivity contribution < 1.29 is 19.1 Å². The van der Waals surface area contributed by atoms with Crippen molar-refractivity contribution in [2.75, 3.05) is 7.11 Å². The lowest BCUT2D eigenvalue weighted by molar-refractivity contribution is -0.115. The van der Waals surface area contributed by atoms with Crippen molar-refractivity contribution in [2.24, 2.45) is 5.73 Å². The Morgan fingerprint density at radius 3 is 2.57 bits per heavy atom. The molecule has 0 aliphatic rings. The molecule has 0 bridgehead atoms. The second-order valence-electron chi connectivity index (χ2n) is 5.44. The van der Waals surface area contributed by atoms with Gasteiger partial charge in [0.25, 0.3) is 5.91 Å². The molecule has 0 heterocycles. The van der Waals surface area contributed by atoms with Crippen LogP contribution in [0.4, 0.5) is 4.79 Å². The number of hydrogen-bond donors (Lipinski definition) is 2. The summed E-state index contributed by atoms with van der Waals surface area (Å²) in [5, 5.41) is 11.6. The summed E-state index contributed by atoms with van der Waals surface area (Å²) >= 11 is 9.27. The molecule has 0 atom stereocenters. The third-order valence-electron chi connectivity index (χ3n) is 3.46. The van der Waals surface area contributed by atoms with Gasteiger partial charge in [-0.15, -0.1) is 0 Å². The van der Waals surface area contributed by atoms with Crippen LogP contribution in [0.15, 0.2) is 46.4 Å². The number of rotatable bonds is 6. The van der Waals surface area contributed by atoms with E-state index in [0.717, 1.165) is 5.56 Å². The summed E-state index contributed by atoms with van der Waals surface area (Å²) < 4.78 is 11.7. The number of nitriles is 1. The first kappa shape index (κ1) is 21.3. The third-order valence-corrected chi connectivity index (χ3v) is 4.30. The van der Waals surface area contributed by atoms with Crippen molar-refractivity contribution in [3.63, 3.8) is 0 Å². The molecule has 0 aliphatic heterocycles. The van der Waals surface area contributed by atoms with E-state index in [1.54, 1.807) is 30.3 Å². The minimum atomic E-state index is -1.05. The number of nitrogens with one attached hydrogen (secondary N) is 1. The number of halogens is 2. The first-order valence-electron chi connectivity index (χ1n) is 7.81. The maximum absolute atomic E-state index is 11.8. The van der Waals surface area contributed by atoms with Crippen molar-refractivity contribution >= 4 is 45.5 Å². The zero-order chi connectivity index (χ0) is 20.7. The molecule has 0 spiro atoms. The summed E-state index contributed by atoms with van der Waals surface area (Å²) in [6, 6.07) is 11.1. The number of primary amides is 1. The second kappa shape index (κ2) is 9.78. The normalized spacial score (nSPS) is 10.7. The lowest BCUT2D eigenvalue weighted by atomic mass is 10.1. The van der Waals surface area contributed by atoms with Gasteiger partial charge in [0, 0.05) is 5.02 Å². The molecule has 2 rings (SSSR count). The minimum Gasteiger partial charge on any atom is -0.493 e. The van der Waals surface area contributed by atoms with E-state index in [-0.39, 0.29) is 12.2 Å². The van der Waals surface area contributed by atoms with Crippen molar-refractivity contribution in [3.05, 3.63) is 62.6 Å². The van der Waals surface area contributed by atoms with Crippen molar-refractivity contribution in [1.29, 1.82) is 5.26 Å². The Hall–Kier alpha value is -3.02. The number of benzene rings is 2. The van der Waals surface area contributed by atoms with Gasteiger partial charge in [-0.05, 0) is 57.4 Å². The van der Waals surface area contributed by atoms with Crippen LogP contribution in [0.2, 0.25) is 5.02 Å². The predicted molar refractivity (Wildman–Crippen MR) is 108 cm³/mol. The van der Waals surface area contributed by atoms with Gasteiger partial charge in [-0.3, -0.25) is 10.1 Å². The molecule has 2 aromatic carbocycles. The fraction of sp³-hybridized carbons (Fsp3) is 0.105. The van der Waals surface area contributed by atoms with Crippen LogP contribution in [0.1, 0.15) is 11.1 Å². The van der Waals surface area contributed by atoms with E-state index in [9.17, 15) is 9.59 Å². The van der Waals surface area contributed by atoms with Crippen molar-refractivity contribution in [2.45, 2.75) is 6.61 Å². The number of imide groups is 1. The lowest BCUT2D eigenvalue weighted by Gasteiger charge is -2.14. The van der Waals surface area contributed by atoms with Crippen LogP contribution in [0.5, 0.6) is 11.5 Å². The number of carbonyl (C=O) groups excluding carboxylic acids is 2. The summed E-state index contributed by atoms with van der Waals surface area (Å²) in [6.45, 7) is 0.284. The third kappa shape index (κ3) is 5.74. The number of nitrogens with zero attached hydrogens (tertiary/aromatic N) is 1. The first-order valence-corrected chi connectivity index (χ1v) is 8.98. The van der Waals surface area contributed by atoms with Gasteiger partial charge < -0.3 is 15.2 Å². The molecule has 0 radical (unpaired) electrons. The Bertz CT molecular complexity index is 968. The quantitative estimate of drug-likeness (QED) is 0.498. The van der Waals surface area contributed by atoms with Gasteiger partial charge in [-0.1, -0.05) is 23.7 Å². The Morgan fingerprint density at radius 1 is 1.32 bits per heavy atom. The highest BCUT2D eigenvalue weighted by molar-refractivity contribution is 9.10. The molecule has 0 unspecified atom stereocenters. The van der Waals surface area contributed by atoms with E-state index in [4.69, 9.17) is 32.1 Å². The minimum absolute atomic E-state index is 0.284. The number of carbonyl (C=O) groups is 2. The average molecular weight is 465 g/mol. The second-order valence-corrected chi connectivity index (χ2v) is 6.73. The largest absolute Gasteiger partial charge is 0.493 e. The van der Waals surface area contributed by atoms with E-state index < -0.39 is 11.9 Å². The van der Waals surface area contributed by atoms with Gasteiger partial charge in [0.2, 0.25) is 0 Å². The van der Waals surface area contributed by atoms with E-state index in [1.165, 1.54) is 13.2 Å². The zero-order valence-electron chi connectivity index (χ0n) is 14.7. The van der Waals surface area contributed by atoms with Gasteiger partial charge in [-0.25, -0.2) is 4.79 Å². The number of urea groups is 1. The molecule has 0 saturated carbocycles. The van der Waals surface area contributed by atoms with Gasteiger partial charge >= 0.3 is 6.03 Å². The first-order chi connectivity index (χ1) is 13.3. The Balaban J connectivity index is 2.28. The predicted octanol–water partition coefficient (Wildman–Crippen LogP) is 3.79. The van der Waals surface area contributed by atoms with Crippen molar-refractivity contribution in [1.82, 2.24) is 5.32 Å². The van der Waals surface area contributed by atoms with E-state index in [2.05, 4.69) is 15.9 Å². The molecule has 2 aromatic rings. The number of hydrogen-bond acceptors (Lipinski definition) is 5. The highest BCUT2D eigenvalue weighted by Gasteiger charge is 2.15. The summed E-state index contributed by atoms with van der Waals surface area (Å²) in [4.78, 5) is 22.6. The molecule has 3 amide bonds. The summed E-state index contributed by atoms with van der Waals surface area (Å²) in [5.74, 6) is -0.0509. The number of methoxy groups -OCH3 is 1. The molecule has 0 aliphatic carbocycles. The Labute approximate surface area is 174 Å². The Kier molecular flexibility index (Phi) is 7.44. The highest BCUT2D eigenvalue weighted by atomic mass is 79.9. The smallest absolute Gasteiger partial charge is 0.319 e. The van der Waals surface area contributed by atoms with Crippen LogP contribution in [-0.2, 0) is 11.4 Å². The fourth-order valence-corrected chi connectivity index (χ4v) is 2.89. The zero-order valence-corrected chi connectivity index (χ0v) is 17.0. The molecule has 0 fully saturated rings. The Morgan fingerprint density at radius 2 is 2.00 bits per heavy atom. The molecule has 3 N–H and O–H groups in total. The average Bonchev–Trinajstić information content (AvgIpc) is 2.65. The monoisotopic (exact) mass is 463 g/mol. The van der Waals surface area contributed by atoms with Crippen LogP contribution in [0, 0.1) is 11.3 Å². The molecule has 0 aromatic heterocycles. The van der Waals surface area contributed by atoms with Crippen LogP contribution in [-0.4, -0.2) is 19.0 Å². The molecular formula is C19H15BrClN3O4. The number of nitrogens with two attached hydrogens (primary N) is 1. The summed E-state index contributed by atoms with van der Waals surface area (Å²) in [6.07, 6.45) is 1.30. The fourth-order valence-electron chi connectivity index (χ4n) is 2.19. The van der Waals surface area contributed by atoms with Gasteiger partial charge in [0.1, 0.15) is 18.2 Å². The number of ether oxygens (including phenoxy) is 2. The summed E-state index contributed by atoms with van der Waals surface area (Å²) in [5.41, 5.74) is 6.01. The van der Waals surface area contributed by atoms with E-state index >= 15 is 0 Å². The van der Waals surface area contributed by atoms with E-state index in [1.807, 2.05) is 17.4 Å². The van der Waals surface area contributed by atoms with Gasteiger partial charge in [0.15, 0.2) is 11.5 Å². The van der Waals surface area contributed by atoms with Crippen LogP contribution in [0.25, 0.3) is 6.08 Å². The van der Waals surface area contributed by atoms with Crippen molar-refractivity contribution in [3.8, 4) is 17.6 Å². The maximum atomic E-state index is 11.8.